The van der Waals surface area contributed by atoms with E-state index in [2.05, 4.69) is 53.7 Å². The summed E-state index contributed by atoms with van der Waals surface area (Å²) in [7, 11) is 5.47. The molecule has 0 aliphatic heterocycles. The number of hydrogen-bond donors (Lipinski definition) is 2. The number of aryl methyl sites for hydroxylation is 1. The van der Waals surface area contributed by atoms with E-state index in [-0.39, 0.29) is 11.3 Å². The molecular formula is C21H34N4O. The molecule has 5 nitrogen and oxygen atoms in total. The van der Waals surface area contributed by atoms with Crippen LogP contribution in [-0.4, -0.2) is 51.0 Å². The monoisotopic (exact) mass is 358 g/mol. The van der Waals surface area contributed by atoms with Crippen molar-refractivity contribution < 1.29 is 4.79 Å². The van der Waals surface area contributed by atoms with Crippen molar-refractivity contribution in [2.75, 3.05) is 34.2 Å². The average Bonchev–Trinajstić information content (AvgIpc) is 3.11. The van der Waals surface area contributed by atoms with Crippen molar-refractivity contribution in [3.05, 3.63) is 35.4 Å². The quantitative estimate of drug-likeness (QED) is 0.607. The molecule has 0 saturated heterocycles. The van der Waals surface area contributed by atoms with E-state index in [0.717, 1.165) is 38.2 Å². The lowest BCUT2D eigenvalue weighted by atomic mass is 9.84. The van der Waals surface area contributed by atoms with Crippen LogP contribution in [0.15, 0.2) is 29.3 Å². The van der Waals surface area contributed by atoms with Gasteiger partial charge in [-0.3, -0.25) is 9.79 Å². The van der Waals surface area contributed by atoms with Crippen molar-refractivity contribution in [3.8, 4) is 0 Å². The van der Waals surface area contributed by atoms with Gasteiger partial charge in [0.15, 0.2) is 5.96 Å². The standard InChI is InChI=1S/C21H34N4O/c1-16-8-10-18(11-9-16)17(2)14-23-20(22-3)24-15-21(12-6-7-13-21)19(26)25(4)5/h8-11,17H,6-7,12-15H2,1-5H3,(H2,22,23,24). The van der Waals surface area contributed by atoms with Gasteiger partial charge in [-0.2, -0.15) is 0 Å². The van der Waals surface area contributed by atoms with E-state index in [1.165, 1.54) is 11.1 Å². The Bertz CT molecular complexity index is 615. The number of carbonyl (C=O) groups excluding carboxylic acids is 1. The van der Waals surface area contributed by atoms with Crippen molar-refractivity contribution in [2.45, 2.75) is 45.4 Å². The van der Waals surface area contributed by atoms with Gasteiger partial charge in [-0.15, -0.1) is 0 Å². The molecule has 0 bridgehead atoms. The summed E-state index contributed by atoms with van der Waals surface area (Å²) in [5.41, 5.74) is 2.30. The summed E-state index contributed by atoms with van der Waals surface area (Å²) in [6, 6.07) is 8.66. The Morgan fingerprint density at radius 2 is 1.81 bits per heavy atom. The molecule has 1 aliphatic carbocycles. The maximum Gasteiger partial charge on any atom is 0.230 e. The minimum Gasteiger partial charge on any atom is -0.356 e. The minimum absolute atomic E-state index is 0.228. The van der Waals surface area contributed by atoms with Crippen LogP contribution in [0.3, 0.4) is 0 Å². The third kappa shape index (κ3) is 4.99. The number of rotatable bonds is 6. The van der Waals surface area contributed by atoms with Crippen molar-refractivity contribution in [1.82, 2.24) is 15.5 Å². The molecule has 2 N–H and O–H groups in total. The van der Waals surface area contributed by atoms with Crippen molar-refractivity contribution in [3.63, 3.8) is 0 Å². The van der Waals surface area contributed by atoms with Gasteiger partial charge in [0.05, 0.1) is 5.41 Å². The van der Waals surface area contributed by atoms with Gasteiger partial charge in [0.1, 0.15) is 0 Å². The van der Waals surface area contributed by atoms with Gasteiger partial charge in [-0.05, 0) is 31.2 Å². The molecule has 1 fully saturated rings. The smallest absolute Gasteiger partial charge is 0.230 e. The molecule has 1 amide bonds. The van der Waals surface area contributed by atoms with Gasteiger partial charge in [-0.25, -0.2) is 0 Å². The predicted octanol–water partition coefficient (Wildman–Crippen LogP) is 2.91. The van der Waals surface area contributed by atoms with Crippen LogP contribution in [0.25, 0.3) is 0 Å². The fraction of sp³-hybridized carbons (Fsp3) is 0.619. The van der Waals surface area contributed by atoms with Crippen LogP contribution in [-0.2, 0) is 4.79 Å². The zero-order valence-corrected chi connectivity index (χ0v) is 16.9. The molecule has 2 rings (SSSR count). The predicted molar refractivity (Wildman–Crippen MR) is 109 cm³/mol. The SMILES string of the molecule is CN=C(NCC(C)c1ccc(C)cc1)NCC1(C(=O)N(C)C)CCCC1. The lowest BCUT2D eigenvalue weighted by Gasteiger charge is -2.31. The molecule has 144 valence electrons. The maximum absolute atomic E-state index is 12.7. The first-order chi connectivity index (χ1) is 12.4. The number of benzene rings is 1. The summed E-state index contributed by atoms with van der Waals surface area (Å²) in [6.45, 7) is 5.76. The Morgan fingerprint density at radius 3 is 2.35 bits per heavy atom. The molecule has 1 aromatic rings. The molecule has 0 radical (unpaired) electrons. The Hall–Kier alpha value is -2.04. The Balaban J connectivity index is 1.90. The van der Waals surface area contributed by atoms with E-state index in [4.69, 9.17) is 0 Å². The highest BCUT2D eigenvalue weighted by Crippen LogP contribution is 2.38. The zero-order valence-electron chi connectivity index (χ0n) is 16.9. The van der Waals surface area contributed by atoms with Crippen molar-refractivity contribution in [1.29, 1.82) is 0 Å². The van der Waals surface area contributed by atoms with E-state index >= 15 is 0 Å². The van der Waals surface area contributed by atoms with Crippen LogP contribution in [0.1, 0.15) is 49.7 Å². The van der Waals surface area contributed by atoms with Crippen molar-refractivity contribution in [2.24, 2.45) is 10.4 Å². The van der Waals surface area contributed by atoms with Gasteiger partial charge < -0.3 is 15.5 Å². The molecule has 5 heteroatoms. The van der Waals surface area contributed by atoms with Crippen molar-refractivity contribution >= 4 is 11.9 Å². The molecule has 26 heavy (non-hydrogen) atoms. The molecule has 0 aromatic heterocycles. The number of nitrogens with one attached hydrogen (secondary N) is 2. The summed E-state index contributed by atoms with van der Waals surface area (Å²) in [4.78, 5) is 18.7. The second kappa shape index (κ2) is 9.06. The Labute approximate surface area is 158 Å². The Morgan fingerprint density at radius 1 is 1.19 bits per heavy atom. The average molecular weight is 359 g/mol. The van der Waals surface area contributed by atoms with Gasteiger partial charge in [0.25, 0.3) is 0 Å². The lowest BCUT2D eigenvalue weighted by Crippen LogP contribution is -2.49. The summed E-state index contributed by atoms with van der Waals surface area (Å²) in [5.74, 6) is 1.38. The number of guanidine groups is 1. The molecule has 0 heterocycles. The van der Waals surface area contributed by atoms with E-state index in [9.17, 15) is 4.79 Å². The normalized spacial score (nSPS) is 17.7. The van der Waals surface area contributed by atoms with Gasteiger partial charge in [0, 0.05) is 34.2 Å². The second-order valence-electron chi connectivity index (χ2n) is 7.81. The van der Waals surface area contributed by atoms with Crippen LogP contribution in [0.2, 0.25) is 0 Å². The third-order valence-electron chi connectivity index (χ3n) is 5.46. The van der Waals surface area contributed by atoms with Gasteiger partial charge in [0.2, 0.25) is 5.91 Å². The van der Waals surface area contributed by atoms with Crippen LogP contribution in [0.4, 0.5) is 0 Å². The topological polar surface area (TPSA) is 56.7 Å². The summed E-state index contributed by atoms with van der Waals surface area (Å²) in [5, 5.41) is 6.80. The number of aliphatic imine (C=N–C) groups is 1. The van der Waals surface area contributed by atoms with Crippen LogP contribution < -0.4 is 10.6 Å². The number of nitrogens with zero attached hydrogens (tertiary/aromatic N) is 2. The summed E-state index contributed by atoms with van der Waals surface area (Å²) < 4.78 is 0. The molecule has 1 aliphatic rings. The summed E-state index contributed by atoms with van der Waals surface area (Å²) >= 11 is 0. The molecule has 1 atom stereocenters. The maximum atomic E-state index is 12.7. The largest absolute Gasteiger partial charge is 0.356 e. The molecule has 1 saturated carbocycles. The van der Waals surface area contributed by atoms with E-state index < -0.39 is 0 Å². The van der Waals surface area contributed by atoms with E-state index in [1.54, 1.807) is 11.9 Å². The van der Waals surface area contributed by atoms with E-state index in [0.29, 0.717) is 12.5 Å². The van der Waals surface area contributed by atoms with E-state index in [1.807, 2.05) is 14.1 Å². The first-order valence-electron chi connectivity index (χ1n) is 9.61. The second-order valence-corrected chi connectivity index (χ2v) is 7.81. The number of hydrogen-bond acceptors (Lipinski definition) is 2. The highest BCUT2D eigenvalue weighted by atomic mass is 16.2. The molecule has 1 unspecified atom stereocenters. The van der Waals surface area contributed by atoms with Gasteiger partial charge in [-0.1, -0.05) is 49.6 Å². The summed E-state index contributed by atoms with van der Waals surface area (Å²) in [6.07, 6.45) is 4.15. The van der Waals surface area contributed by atoms with Crippen LogP contribution >= 0.6 is 0 Å². The highest BCUT2D eigenvalue weighted by Gasteiger charge is 2.42. The zero-order chi connectivity index (χ0) is 19.2. The molecular weight excluding hydrogens is 324 g/mol. The first-order valence-corrected chi connectivity index (χ1v) is 9.61. The Kier molecular flexibility index (Phi) is 7.06. The van der Waals surface area contributed by atoms with Gasteiger partial charge >= 0.3 is 0 Å². The third-order valence-corrected chi connectivity index (χ3v) is 5.46. The molecule has 1 aromatic carbocycles. The number of amides is 1. The first kappa shape index (κ1) is 20.3. The van der Waals surface area contributed by atoms with Crippen LogP contribution in [0.5, 0.6) is 0 Å². The highest BCUT2D eigenvalue weighted by molar-refractivity contribution is 5.85. The van der Waals surface area contributed by atoms with Crippen LogP contribution in [0, 0.1) is 12.3 Å². The lowest BCUT2D eigenvalue weighted by molar-refractivity contribution is -0.138. The number of carbonyl (C=O) groups is 1. The fourth-order valence-electron chi connectivity index (χ4n) is 3.73. The minimum atomic E-state index is -0.288. The fourth-order valence-corrected chi connectivity index (χ4v) is 3.73. The molecule has 0 spiro atoms.